The van der Waals surface area contributed by atoms with Crippen LogP contribution in [0, 0.1) is 0 Å². The number of fused-ring (bicyclic) bond motifs is 1. The fraction of sp³-hybridized carbons (Fsp3) is 0.261. The van der Waals surface area contributed by atoms with E-state index in [9.17, 15) is 4.79 Å². The highest BCUT2D eigenvalue weighted by molar-refractivity contribution is 7.99. The van der Waals surface area contributed by atoms with Gasteiger partial charge < -0.3 is 9.72 Å². The zero-order valence-electron chi connectivity index (χ0n) is 17.1. The van der Waals surface area contributed by atoms with Crippen LogP contribution in [0.15, 0.2) is 53.8 Å². The molecule has 32 heavy (non-hydrogen) atoms. The van der Waals surface area contributed by atoms with E-state index in [1.807, 2.05) is 24.4 Å². The first-order valence-corrected chi connectivity index (χ1v) is 12.1. The number of benzene rings is 2. The number of hydrogen-bond donors (Lipinski definition) is 1. The molecule has 3 heterocycles. The summed E-state index contributed by atoms with van der Waals surface area (Å²) in [5.41, 5.74) is 2.54. The van der Waals surface area contributed by atoms with Crippen molar-refractivity contribution in [3.8, 4) is 11.4 Å². The molecule has 1 atom stereocenters. The summed E-state index contributed by atoms with van der Waals surface area (Å²) in [6.45, 7) is 1.42. The molecule has 4 aromatic rings. The van der Waals surface area contributed by atoms with E-state index in [-0.39, 0.29) is 17.6 Å². The first kappa shape index (κ1) is 21.5. The van der Waals surface area contributed by atoms with Gasteiger partial charge in [-0.15, -0.1) is 10.2 Å². The predicted molar refractivity (Wildman–Crippen MR) is 128 cm³/mol. The van der Waals surface area contributed by atoms with Gasteiger partial charge in [-0.25, -0.2) is 0 Å². The van der Waals surface area contributed by atoms with Crippen LogP contribution in [-0.2, 0) is 11.3 Å². The predicted octanol–water partition coefficient (Wildman–Crippen LogP) is 5.89. The van der Waals surface area contributed by atoms with E-state index >= 15 is 0 Å². The second-order valence-corrected chi connectivity index (χ2v) is 9.40. The number of nitrogens with zero attached hydrogens (tertiary/aromatic N) is 3. The summed E-state index contributed by atoms with van der Waals surface area (Å²) in [6, 6.07) is 13.0. The number of thioether (sulfide) groups is 1. The monoisotopic (exact) mass is 486 g/mol. The van der Waals surface area contributed by atoms with Gasteiger partial charge in [-0.05, 0) is 37.1 Å². The van der Waals surface area contributed by atoms with Gasteiger partial charge in [-0.1, -0.05) is 53.2 Å². The summed E-state index contributed by atoms with van der Waals surface area (Å²) < 4.78 is 7.94. The molecule has 1 unspecified atom stereocenters. The summed E-state index contributed by atoms with van der Waals surface area (Å²) >= 11 is 13.4. The van der Waals surface area contributed by atoms with Gasteiger partial charge in [-0.2, -0.15) is 0 Å². The lowest BCUT2D eigenvalue weighted by Gasteiger charge is -2.14. The third-order valence-electron chi connectivity index (χ3n) is 5.53. The van der Waals surface area contributed by atoms with E-state index in [1.165, 1.54) is 11.8 Å². The number of rotatable bonds is 7. The van der Waals surface area contributed by atoms with E-state index < -0.39 is 0 Å². The summed E-state index contributed by atoms with van der Waals surface area (Å²) in [5.74, 6) is 0.937. The molecule has 1 aliphatic heterocycles. The molecule has 1 N–H and O–H groups in total. The van der Waals surface area contributed by atoms with Gasteiger partial charge in [0.1, 0.15) is 0 Å². The molecule has 164 valence electrons. The van der Waals surface area contributed by atoms with Gasteiger partial charge in [0.2, 0.25) is 0 Å². The molecule has 0 amide bonds. The van der Waals surface area contributed by atoms with Crippen molar-refractivity contribution >= 4 is 51.6 Å². The van der Waals surface area contributed by atoms with E-state index in [1.54, 1.807) is 18.2 Å². The molecule has 2 aromatic heterocycles. The molecule has 0 aliphatic carbocycles. The van der Waals surface area contributed by atoms with Gasteiger partial charge in [0, 0.05) is 34.8 Å². The van der Waals surface area contributed by atoms with Crippen LogP contribution in [0.2, 0.25) is 10.0 Å². The quantitative estimate of drug-likeness (QED) is 0.260. The number of nitrogens with one attached hydrogen (secondary N) is 1. The zero-order chi connectivity index (χ0) is 22.1. The van der Waals surface area contributed by atoms with Crippen molar-refractivity contribution < 1.29 is 9.53 Å². The highest BCUT2D eigenvalue weighted by Gasteiger charge is 2.23. The number of aromatic amines is 1. The Bertz CT molecular complexity index is 1280. The average Bonchev–Trinajstić information content (AvgIpc) is 3.54. The number of carbonyl (C=O) groups is 1. The number of ketones is 1. The third-order valence-corrected chi connectivity index (χ3v) is 7.24. The smallest absolute Gasteiger partial charge is 0.192 e. The molecule has 0 saturated carbocycles. The van der Waals surface area contributed by atoms with Gasteiger partial charge >= 0.3 is 0 Å². The molecule has 2 aromatic carbocycles. The minimum atomic E-state index is -0.0473. The minimum absolute atomic E-state index is 0.0473. The molecule has 6 nitrogen and oxygen atoms in total. The van der Waals surface area contributed by atoms with Gasteiger partial charge in [0.15, 0.2) is 16.8 Å². The van der Waals surface area contributed by atoms with Crippen molar-refractivity contribution in [2.45, 2.75) is 30.6 Å². The van der Waals surface area contributed by atoms with Gasteiger partial charge in [0.25, 0.3) is 0 Å². The maximum Gasteiger partial charge on any atom is 0.192 e. The Kier molecular flexibility index (Phi) is 6.24. The van der Waals surface area contributed by atoms with Crippen LogP contribution >= 0.6 is 35.0 Å². The number of aromatic nitrogens is 4. The van der Waals surface area contributed by atoms with Crippen molar-refractivity contribution in [3.63, 3.8) is 0 Å². The van der Waals surface area contributed by atoms with Crippen LogP contribution in [0.1, 0.15) is 23.2 Å². The van der Waals surface area contributed by atoms with E-state index in [4.69, 9.17) is 27.9 Å². The number of Topliss-reactive ketones (excluding diaryl/α,β-unsaturated/α-hetero) is 1. The summed E-state index contributed by atoms with van der Waals surface area (Å²) in [6.07, 6.45) is 4.11. The maximum atomic E-state index is 12.7. The third kappa shape index (κ3) is 4.30. The Morgan fingerprint density at radius 1 is 1.19 bits per heavy atom. The molecular formula is C23H20Cl2N4O2S. The Morgan fingerprint density at radius 3 is 2.88 bits per heavy atom. The molecule has 0 spiro atoms. The van der Waals surface area contributed by atoms with E-state index in [2.05, 4.69) is 25.8 Å². The Balaban J connectivity index is 1.44. The lowest BCUT2D eigenvalue weighted by molar-refractivity contribution is 0.0953. The van der Waals surface area contributed by atoms with Crippen LogP contribution in [0.25, 0.3) is 22.3 Å². The fourth-order valence-electron chi connectivity index (χ4n) is 3.89. The van der Waals surface area contributed by atoms with Gasteiger partial charge in [0.05, 0.1) is 28.4 Å². The highest BCUT2D eigenvalue weighted by Crippen LogP contribution is 2.32. The van der Waals surface area contributed by atoms with E-state index in [0.717, 1.165) is 41.7 Å². The summed E-state index contributed by atoms with van der Waals surface area (Å²) in [4.78, 5) is 16.0. The average molecular weight is 487 g/mol. The van der Waals surface area contributed by atoms with Crippen molar-refractivity contribution in [1.29, 1.82) is 0 Å². The van der Waals surface area contributed by atoms with Gasteiger partial charge in [-0.3, -0.25) is 9.36 Å². The molecule has 9 heteroatoms. The van der Waals surface area contributed by atoms with E-state index in [0.29, 0.717) is 27.3 Å². The zero-order valence-corrected chi connectivity index (χ0v) is 19.4. The molecule has 1 fully saturated rings. The molecular weight excluding hydrogens is 467 g/mol. The maximum absolute atomic E-state index is 12.7. The lowest BCUT2D eigenvalue weighted by Crippen LogP contribution is -2.17. The number of ether oxygens (including phenoxy) is 1. The Hall–Kier alpha value is -2.32. The van der Waals surface area contributed by atoms with Crippen LogP contribution in [0.5, 0.6) is 0 Å². The topological polar surface area (TPSA) is 72.8 Å². The second kappa shape index (κ2) is 9.27. The van der Waals surface area contributed by atoms with Crippen molar-refractivity contribution in [2.75, 3.05) is 12.4 Å². The van der Waals surface area contributed by atoms with Crippen LogP contribution in [0.3, 0.4) is 0 Å². The molecule has 0 bridgehead atoms. The lowest BCUT2D eigenvalue weighted by atomic mass is 10.1. The SMILES string of the molecule is O=C(CSc1nnc(-c2c[nH]c3ccccc23)n1CC1CCCO1)c1ccc(Cl)c(Cl)c1. The number of carbonyl (C=O) groups excluding carboxylic acids is 1. The van der Waals surface area contributed by atoms with Crippen molar-refractivity contribution in [3.05, 3.63) is 64.3 Å². The summed E-state index contributed by atoms with van der Waals surface area (Å²) in [5, 5.41) is 11.5. The normalized spacial score (nSPS) is 16.1. The van der Waals surface area contributed by atoms with Crippen molar-refractivity contribution in [1.82, 2.24) is 19.7 Å². The van der Waals surface area contributed by atoms with Crippen molar-refractivity contribution in [2.24, 2.45) is 0 Å². The molecule has 0 radical (unpaired) electrons. The first-order valence-electron chi connectivity index (χ1n) is 10.3. The molecule has 1 aliphatic rings. The van der Waals surface area contributed by atoms with Crippen LogP contribution in [0.4, 0.5) is 0 Å². The number of H-pyrrole nitrogens is 1. The number of hydrogen-bond acceptors (Lipinski definition) is 5. The fourth-order valence-corrected chi connectivity index (χ4v) is 5.03. The Labute approximate surface area is 199 Å². The number of halogens is 2. The summed E-state index contributed by atoms with van der Waals surface area (Å²) in [7, 11) is 0. The molecule has 5 rings (SSSR count). The number of para-hydroxylation sites is 1. The van der Waals surface area contributed by atoms with Crippen LogP contribution in [-0.4, -0.2) is 44.0 Å². The first-order chi connectivity index (χ1) is 15.6. The minimum Gasteiger partial charge on any atom is -0.376 e. The largest absolute Gasteiger partial charge is 0.376 e. The highest BCUT2D eigenvalue weighted by atomic mass is 35.5. The Morgan fingerprint density at radius 2 is 2.06 bits per heavy atom. The standard InChI is InChI=1S/C23H20Cl2N4O2S/c24-18-8-7-14(10-19(18)25)21(30)13-32-23-28-27-22(29(23)12-15-4-3-9-31-15)17-11-26-20-6-2-1-5-16(17)20/h1-2,5-8,10-11,15,26H,3-4,9,12-13H2. The molecule has 1 saturated heterocycles. The van der Waals surface area contributed by atoms with Crippen LogP contribution < -0.4 is 0 Å². The second-order valence-electron chi connectivity index (χ2n) is 7.64.